The first-order valence-electron chi connectivity index (χ1n) is 10.6. The number of methoxy groups -OCH3 is 1. The molecule has 11 nitrogen and oxygen atoms in total. The average molecular weight is 466 g/mol. The van der Waals surface area contributed by atoms with Crippen molar-refractivity contribution >= 4 is 35.3 Å². The molecule has 180 valence electrons. The topological polar surface area (TPSA) is 160 Å². The van der Waals surface area contributed by atoms with E-state index in [2.05, 4.69) is 25.5 Å². The van der Waals surface area contributed by atoms with E-state index in [1.807, 2.05) is 57.3 Å². The molecule has 0 aliphatic heterocycles. The Labute approximate surface area is 198 Å². The van der Waals surface area contributed by atoms with Gasteiger partial charge in [-0.05, 0) is 0 Å². The van der Waals surface area contributed by atoms with Gasteiger partial charge < -0.3 is 26.5 Å². The zero-order valence-electron chi connectivity index (χ0n) is 20.0. The summed E-state index contributed by atoms with van der Waals surface area (Å²) in [6, 6.07) is 13.3. The highest BCUT2D eigenvalue weighted by Gasteiger charge is 2.16. The third-order valence-corrected chi connectivity index (χ3v) is 4.60. The minimum Gasteiger partial charge on any atom is -0.464 e. The summed E-state index contributed by atoms with van der Waals surface area (Å²) in [5.41, 5.74) is 8.10. The smallest absolute Gasteiger partial charge is 0.355 e. The van der Waals surface area contributed by atoms with Gasteiger partial charge in [0.1, 0.15) is 23.2 Å². The largest absolute Gasteiger partial charge is 0.464 e. The number of aromatic nitrogens is 3. The van der Waals surface area contributed by atoms with Crippen LogP contribution in [-0.2, 0) is 16.6 Å². The summed E-state index contributed by atoms with van der Waals surface area (Å²) in [6.45, 7) is 4.00. The van der Waals surface area contributed by atoms with Gasteiger partial charge in [-0.15, -0.1) is 0 Å². The molecule has 0 aliphatic rings. The van der Waals surface area contributed by atoms with E-state index in [9.17, 15) is 4.79 Å². The molecule has 2 aromatic heterocycles. The number of rotatable bonds is 8. The number of hydrogen-bond donors (Lipinski definition) is 5. The minimum absolute atomic E-state index is 0.192. The van der Waals surface area contributed by atoms with E-state index < -0.39 is 5.97 Å². The fourth-order valence-corrected chi connectivity index (χ4v) is 3.01. The Morgan fingerprint density at radius 1 is 1.24 bits per heavy atom. The van der Waals surface area contributed by atoms with Crippen LogP contribution < -0.4 is 27.2 Å². The molecule has 0 unspecified atom stereocenters. The number of ether oxygens (including phenoxy) is 1. The first kappa shape index (κ1) is 25.9. The summed E-state index contributed by atoms with van der Waals surface area (Å²) in [4.78, 5) is 16.1. The second-order valence-corrected chi connectivity index (χ2v) is 6.70. The third-order valence-electron chi connectivity index (χ3n) is 4.60. The van der Waals surface area contributed by atoms with Gasteiger partial charge in [0.15, 0.2) is 0 Å². The predicted octanol–water partition coefficient (Wildman–Crippen LogP) is 2.94. The molecule has 2 heterocycles. The SMILES string of the molecule is CC.CNc1nc(Nc2cc(-c3ccccc3)nn2C)cc(N(N)/C=C(\N)C(=O)OC)c1C=N. The number of nitrogens with two attached hydrogens (primary N) is 2. The molecule has 0 amide bonds. The van der Waals surface area contributed by atoms with Crippen LogP contribution >= 0.6 is 0 Å². The number of anilines is 4. The van der Waals surface area contributed by atoms with Crippen molar-refractivity contribution in [3.63, 3.8) is 0 Å². The zero-order valence-corrected chi connectivity index (χ0v) is 20.0. The maximum absolute atomic E-state index is 11.6. The molecular formula is C23H31N9O2. The molecule has 7 N–H and O–H groups in total. The number of hydrazine groups is 1. The van der Waals surface area contributed by atoms with Gasteiger partial charge in [0.05, 0.1) is 30.3 Å². The van der Waals surface area contributed by atoms with Gasteiger partial charge in [0.2, 0.25) is 0 Å². The lowest BCUT2D eigenvalue weighted by atomic mass is 10.1. The first-order valence-corrected chi connectivity index (χ1v) is 10.6. The van der Waals surface area contributed by atoms with Crippen molar-refractivity contribution in [2.75, 3.05) is 29.8 Å². The number of benzene rings is 1. The summed E-state index contributed by atoms with van der Waals surface area (Å²) in [6.07, 6.45) is 2.33. The molecule has 34 heavy (non-hydrogen) atoms. The Morgan fingerprint density at radius 2 is 1.91 bits per heavy atom. The second-order valence-electron chi connectivity index (χ2n) is 6.70. The quantitative estimate of drug-likeness (QED) is 0.111. The molecule has 0 saturated heterocycles. The summed E-state index contributed by atoms with van der Waals surface area (Å²) in [5.74, 6) is 6.95. The van der Waals surface area contributed by atoms with Crippen LogP contribution in [0.1, 0.15) is 19.4 Å². The molecule has 3 aromatic rings. The van der Waals surface area contributed by atoms with Gasteiger partial charge in [-0.3, -0.25) is 9.69 Å². The molecule has 0 spiro atoms. The molecule has 0 bridgehead atoms. The number of nitrogens with zero attached hydrogens (tertiary/aromatic N) is 4. The van der Waals surface area contributed by atoms with Crippen molar-refractivity contribution in [3.8, 4) is 11.3 Å². The molecule has 1 aromatic carbocycles. The molecule has 3 rings (SSSR count). The number of esters is 1. The van der Waals surface area contributed by atoms with Crippen molar-refractivity contribution in [2.45, 2.75) is 13.8 Å². The van der Waals surface area contributed by atoms with E-state index in [0.29, 0.717) is 28.7 Å². The van der Waals surface area contributed by atoms with Crippen LogP contribution in [0.4, 0.5) is 23.1 Å². The summed E-state index contributed by atoms with van der Waals surface area (Å²) in [7, 11) is 4.72. The lowest BCUT2D eigenvalue weighted by Crippen LogP contribution is -2.29. The van der Waals surface area contributed by atoms with Gasteiger partial charge in [0.25, 0.3) is 0 Å². The second kappa shape index (κ2) is 12.0. The van der Waals surface area contributed by atoms with Crippen LogP contribution in [0.25, 0.3) is 11.3 Å². The monoisotopic (exact) mass is 465 g/mol. The van der Waals surface area contributed by atoms with E-state index in [1.54, 1.807) is 17.8 Å². The highest BCUT2D eigenvalue weighted by Crippen LogP contribution is 2.29. The Bertz CT molecular complexity index is 1160. The van der Waals surface area contributed by atoms with Crippen molar-refractivity contribution in [1.82, 2.24) is 14.8 Å². The molecule has 0 fully saturated rings. The Balaban J connectivity index is 0.00000199. The number of nitrogens with one attached hydrogen (secondary N) is 3. The van der Waals surface area contributed by atoms with Crippen LogP contribution in [0.2, 0.25) is 0 Å². The van der Waals surface area contributed by atoms with E-state index in [4.69, 9.17) is 17.0 Å². The van der Waals surface area contributed by atoms with Crippen LogP contribution in [0.3, 0.4) is 0 Å². The fourth-order valence-electron chi connectivity index (χ4n) is 3.01. The van der Waals surface area contributed by atoms with Gasteiger partial charge in [-0.2, -0.15) is 5.10 Å². The number of carbonyl (C=O) groups is 1. The van der Waals surface area contributed by atoms with Crippen molar-refractivity contribution < 1.29 is 9.53 Å². The van der Waals surface area contributed by atoms with Gasteiger partial charge >= 0.3 is 5.97 Å². The van der Waals surface area contributed by atoms with Crippen molar-refractivity contribution in [2.24, 2.45) is 18.6 Å². The number of aryl methyl sites for hydroxylation is 1. The summed E-state index contributed by atoms with van der Waals surface area (Å²) >= 11 is 0. The molecule has 0 radical (unpaired) electrons. The van der Waals surface area contributed by atoms with Gasteiger partial charge in [0, 0.05) is 38.0 Å². The fraction of sp³-hybridized carbons (Fsp3) is 0.217. The normalized spacial score (nSPS) is 10.6. The van der Waals surface area contributed by atoms with Gasteiger partial charge in [-0.1, -0.05) is 44.2 Å². The lowest BCUT2D eigenvalue weighted by molar-refractivity contribution is -0.136. The van der Waals surface area contributed by atoms with Crippen LogP contribution in [-0.4, -0.2) is 41.1 Å². The van der Waals surface area contributed by atoms with Crippen molar-refractivity contribution in [3.05, 3.63) is 59.9 Å². The van der Waals surface area contributed by atoms with Crippen molar-refractivity contribution in [1.29, 1.82) is 5.41 Å². The van der Waals surface area contributed by atoms with Crippen LogP contribution in [0, 0.1) is 5.41 Å². The minimum atomic E-state index is -0.721. The zero-order chi connectivity index (χ0) is 25.3. The number of hydrogen-bond acceptors (Lipinski definition) is 10. The average Bonchev–Trinajstić information content (AvgIpc) is 3.24. The predicted molar refractivity (Wildman–Crippen MR) is 136 cm³/mol. The Kier molecular flexibility index (Phi) is 9.15. The highest BCUT2D eigenvalue weighted by molar-refractivity contribution is 5.94. The molecule has 11 heteroatoms. The van der Waals surface area contributed by atoms with E-state index in [-0.39, 0.29) is 5.70 Å². The van der Waals surface area contributed by atoms with Crippen LogP contribution in [0.5, 0.6) is 0 Å². The van der Waals surface area contributed by atoms with Gasteiger partial charge in [-0.25, -0.2) is 15.6 Å². The van der Waals surface area contributed by atoms with E-state index in [0.717, 1.165) is 22.5 Å². The first-order chi connectivity index (χ1) is 16.4. The lowest BCUT2D eigenvalue weighted by Gasteiger charge is -2.20. The maximum Gasteiger partial charge on any atom is 0.355 e. The third kappa shape index (κ3) is 5.90. The molecule has 0 saturated carbocycles. The maximum atomic E-state index is 11.6. The standard InChI is InChI=1S/C21H25N9O2.C2H6/c1-25-20-14(11-22)17(30(24)12-15(23)21(31)32-3)10-18(27-20)26-19-9-16(28-29(19)2)13-7-5-4-6-8-13;1-2/h4-12,22H,23-24H2,1-3H3,(H2,25,26,27);1-2H3/b15-12-,22-11?;. The van der Waals surface area contributed by atoms with Crippen LogP contribution in [0.15, 0.2) is 54.4 Å². The van der Waals surface area contributed by atoms with E-state index >= 15 is 0 Å². The van der Waals surface area contributed by atoms with E-state index in [1.165, 1.54) is 13.3 Å². The molecule has 0 aliphatic carbocycles. The highest BCUT2D eigenvalue weighted by atomic mass is 16.5. The summed E-state index contributed by atoms with van der Waals surface area (Å²) < 4.78 is 6.30. The Hall–Kier alpha value is -4.38. The number of carbonyl (C=O) groups excluding carboxylic acids is 1. The summed E-state index contributed by atoms with van der Waals surface area (Å²) in [5, 5.41) is 19.6. The molecular weight excluding hydrogens is 434 g/mol. The number of pyridine rings is 1. The molecule has 0 atom stereocenters. The Morgan fingerprint density at radius 3 is 2.50 bits per heavy atom.